The van der Waals surface area contributed by atoms with E-state index in [4.69, 9.17) is 4.74 Å². The van der Waals surface area contributed by atoms with Crippen molar-refractivity contribution in [3.8, 4) is 11.5 Å². The minimum absolute atomic E-state index is 0.0551. The van der Waals surface area contributed by atoms with E-state index in [9.17, 15) is 13.6 Å². The standard InChI is InChI=1S/C17H23F2N3O4/c1-24-8-2-6-22-7-5-12(11-22)10-20-16(23)21-13-3-4-14-15(9-13)26-17(18,19)25-14/h3-4,9,12H,2,5-8,10-11H2,1H3,(H2,20,21,23)/t12-/m0/s1. The van der Waals surface area contributed by atoms with Gasteiger partial charge in [-0.2, -0.15) is 0 Å². The number of ether oxygens (including phenoxy) is 3. The minimum atomic E-state index is -3.67. The Morgan fingerprint density at radius 2 is 2.19 bits per heavy atom. The molecule has 3 rings (SSSR count). The van der Waals surface area contributed by atoms with Crippen LogP contribution in [0.3, 0.4) is 0 Å². The highest BCUT2D eigenvalue weighted by Crippen LogP contribution is 2.42. The Labute approximate surface area is 150 Å². The zero-order valence-corrected chi connectivity index (χ0v) is 14.6. The molecule has 1 atom stereocenters. The second-order valence-electron chi connectivity index (χ2n) is 6.47. The lowest BCUT2D eigenvalue weighted by molar-refractivity contribution is -0.286. The number of alkyl halides is 2. The number of anilines is 1. The van der Waals surface area contributed by atoms with Gasteiger partial charge in [0.1, 0.15) is 0 Å². The molecule has 26 heavy (non-hydrogen) atoms. The fourth-order valence-electron chi connectivity index (χ4n) is 3.15. The van der Waals surface area contributed by atoms with Crippen molar-refractivity contribution in [2.75, 3.05) is 45.2 Å². The van der Waals surface area contributed by atoms with Crippen LogP contribution in [0.5, 0.6) is 11.5 Å². The molecule has 0 spiro atoms. The van der Waals surface area contributed by atoms with Crippen molar-refractivity contribution in [3.05, 3.63) is 18.2 Å². The van der Waals surface area contributed by atoms with Gasteiger partial charge < -0.3 is 29.7 Å². The number of likely N-dealkylation sites (tertiary alicyclic amines) is 1. The molecule has 0 radical (unpaired) electrons. The van der Waals surface area contributed by atoms with Crippen molar-refractivity contribution < 1.29 is 27.8 Å². The molecule has 0 unspecified atom stereocenters. The van der Waals surface area contributed by atoms with Gasteiger partial charge in [0.05, 0.1) is 0 Å². The molecule has 0 saturated carbocycles. The molecule has 0 aromatic heterocycles. The highest BCUT2D eigenvalue weighted by Gasteiger charge is 2.43. The summed E-state index contributed by atoms with van der Waals surface area (Å²) in [6.45, 7) is 4.29. The fraction of sp³-hybridized carbons (Fsp3) is 0.588. The molecular weight excluding hydrogens is 348 g/mol. The number of carbonyl (C=O) groups excluding carboxylic acids is 1. The summed E-state index contributed by atoms with van der Waals surface area (Å²) in [4.78, 5) is 14.4. The van der Waals surface area contributed by atoms with Crippen LogP contribution in [0.1, 0.15) is 12.8 Å². The summed E-state index contributed by atoms with van der Waals surface area (Å²) in [7, 11) is 1.70. The number of nitrogens with zero attached hydrogens (tertiary/aromatic N) is 1. The quantitative estimate of drug-likeness (QED) is 0.721. The second kappa shape index (κ2) is 8.05. The Hall–Kier alpha value is -2.13. The molecule has 7 nitrogen and oxygen atoms in total. The third-order valence-corrected chi connectivity index (χ3v) is 4.40. The SMILES string of the molecule is COCCCN1CC[C@@H](CNC(=O)Nc2ccc3c(c2)OC(F)(F)O3)C1. The highest BCUT2D eigenvalue weighted by atomic mass is 19.3. The van der Waals surface area contributed by atoms with Gasteiger partial charge in [0.25, 0.3) is 0 Å². The van der Waals surface area contributed by atoms with E-state index in [1.807, 2.05) is 0 Å². The third kappa shape index (κ3) is 4.95. The zero-order chi connectivity index (χ0) is 18.6. The normalized spacial score (nSPS) is 21.0. The van der Waals surface area contributed by atoms with Crippen LogP contribution >= 0.6 is 0 Å². The van der Waals surface area contributed by atoms with Crippen molar-refractivity contribution in [3.63, 3.8) is 0 Å². The Morgan fingerprint density at radius 1 is 1.38 bits per heavy atom. The van der Waals surface area contributed by atoms with E-state index in [1.165, 1.54) is 18.2 Å². The molecule has 2 aliphatic rings. The molecule has 0 bridgehead atoms. The topological polar surface area (TPSA) is 72.1 Å². The van der Waals surface area contributed by atoms with Crippen LogP contribution < -0.4 is 20.1 Å². The molecule has 2 aliphatic heterocycles. The van der Waals surface area contributed by atoms with Crippen LogP contribution in [0, 0.1) is 5.92 Å². The predicted octanol–water partition coefficient (Wildman–Crippen LogP) is 2.49. The molecular formula is C17H23F2N3O4. The van der Waals surface area contributed by atoms with Crippen molar-refractivity contribution in [1.82, 2.24) is 10.2 Å². The summed E-state index contributed by atoms with van der Waals surface area (Å²) >= 11 is 0. The van der Waals surface area contributed by atoms with Crippen LogP contribution in [-0.2, 0) is 4.74 Å². The zero-order valence-electron chi connectivity index (χ0n) is 14.6. The van der Waals surface area contributed by atoms with Crippen molar-refractivity contribution in [1.29, 1.82) is 0 Å². The molecule has 2 heterocycles. The van der Waals surface area contributed by atoms with E-state index in [-0.39, 0.29) is 17.5 Å². The molecule has 9 heteroatoms. The summed E-state index contributed by atoms with van der Waals surface area (Å²) in [5.41, 5.74) is 0.357. The molecule has 2 amide bonds. The molecule has 1 aromatic rings. The fourth-order valence-corrected chi connectivity index (χ4v) is 3.15. The Bertz CT molecular complexity index is 644. The number of amides is 2. The van der Waals surface area contributed by atoms with Gasteiger partial charge in [0.15, 0.2) is 11.5 Å². The third-order valence-electron chi connectivity index (χ3n) is 4.40. The summed E-state index contributed by atoms with van der Waals surface area (Å²) < 4.78 is 39.7. The number of rotatable bonds is 7. The van der Waals surface area contributed by atoms with Crippen LogP contribution in [0.15, 0.2) is 18.2 Å². The monoisotopic (exact) mass is 371 g/mol. The predicted molar refractivity (Wildman–Crippen MR) is 90.7 cm³/mol. The van der Waals surface area contributed by atoms with Crippen LogP contribution in [0.4, 0.5) is 19.3 Å². The average Bonchev–Trinajstić information content (AvgIpc) is 3.15. The second-order valence-corrected chi connectivity index (χ2v) is 6.47. The maximum atomic E-state index is 13.0. The summed E-state index contributed by atoms with van der Waals surface area (Å²) in [5, 5.41) is 5.44. The summed E-state index contributed by atoms with van der Waals surface area (Å²) in [5.74, 6) is 0.245. The lowest BCUT2D eigenvalue weighted by atomic mass is 10.1. The lowest BCUT2D eigenvalue weighted by Gasteiger charge is -2.16. The maximum absolute atomic E-state index is 13.0. The van der Waals surface area contributed by atoms with E-state index in [1.54, 1.807) is 7.11 Å². The van der Waals surface area contributed by atoms with Crippen LogP contribution in [-0.4, -0.2) is 57.1 Å². The Balaban J connectivity index is 1.40. The molecule has 1 aromatic carbocycles. The first-order valence-corrected chi connectivity index (χ1v) is 8.61. The first-order valence-electron chi connectivity index (χ1n) is 8.61. The number of hydrogen-bond acceptors (Lipinski definition) is 5. The van der Waals surface area contributed by atoms with Gasteiger partial charge in [0.2, 0.25) is 0 Å². The summed E-state index contributed by atoms with van der Waals surface area (Å²) in [6.07, 6.45) is -1.63. The smallest absolute Gasteiger partial charge is 0.395 e. The molecule has 0 aliphatic carbocycles. The number of urea groups is 1. The highest BCUT2D eigenvalue weighted by molar-refractivity contribution is 5.89. The van der Waals surface area contributed by atoms with Crippen LogP contribution in [0.25, 0.3) is 0 Å². The van der Waals surface area contributed by atoms with Gasteiger partial charge >= 0.3 is 12.3 Å². The van der Waals surface area contributed by atoms with E-state index < -0.39 is 6.29 Å². The van der Waals surface area contributed by atoms with Gasteiger partial charge in [-0.15, -0.1) is 8.78 Å². The lowest BCUT2D eigenvalue weighted by Crippen LogP contribution is -2.34. The number of fused-ring (bicyclic) bond motifs is 1. The number of methoxy groups -OCH3 is 1. The van der Waals surface area contributed by atoms with E-state index in [0.29, 0.717) is 18.2 Å². The number of halogens is 2. The number of carbonyl (C=O) groups is 1. The van der Waals surface area contributed by atoms with E-state index in [2.05, 4.69) is 25.0 Å². The van der Waals surface area contributed by atoms with E-state index >= 15 is 0 Å². The Kier molecular flexibility index (Phi) is 5.77. The Morgan fingerprint density at radius 3 is 3.00 bits per heavy atom. The molecule has 1 saturated heterocycles. The van der Waals surface area contributed by atoms with Gasteiger partial charge in [-0.25, -0.2) is 4.79 Å². The van der Waals surface area contributed by atoms with Gasteiger partial charge in [0, 0.05) is 45.1 Å². The largest absolute Gasteiger partial charge is 0.586 e. The average molecular weight is 371 g/mol. The maximum Gasteiger partial charge on any atom is 0.586 e. The first kappa shape index (κ1) is 18.7. The van der Waals surface area contributed by atoms with Gasteiger partial charge in [-0.05, 0) is 37.4 Å². The number of nitrogens with one attached hydrogen (secondary N) is 2. The molecule has 144 valence electrons. The van der Waals surface area contributed by atoms with Gasteiger partial charge in [-0.1, -0.05) is 0 Å². The summed E-state index contributed by atoms with van der Waals surface area (Å²) in [6, 6.07) is 3.74. The van der Waals surface area contributed by atoms with Crippen molar-refractivity contribution >= 4 is 11.7 Å². The first-order chi connectivity index (χ1) is 12.4. The molecule has 1 fully saturated rings. The van der Waals surface area contributed by atoms with Gasteiger partial charge in [-0.3, -0.25) is 0 Å². The van der Waals surface area contributed by atoms with E-state index in [0.717, 1.165) is 39.1 Å². The van der Waals surface area contributed by atoms with Crippen LogP contribution in [0.2, 0.25) is 0 Å². The van der Waals surface area contributed by atoms with Crippen molar-refractivity contribution in [2.24, 2.45) is 5.92 Å². The minimum Gasteiger partial charge on any atom is -0.395 e. The number of hydrogen-bond donors (Lipinski definition) is 2. The molecule has 2 N–H and O–H groups in total. The number of benzene rings is 1. The van der Waals surface area contributed by atoms with Crippen molar-refractivity contribution in [2.45, 2.75) is 19.1 Å².